The topological polar surface area (TPSA) is 84.5 Å². The number of hydrogen-bond donors (Lipinski definition) is 2. The maximum atomic E-state index is 12.9. The van der Waals surface area contributed by atoms with E-state index in [0.717, 1.165) is 23.3 Å². The lowest BCUT2D eigenvalue weighted by molar-refractivity contribution is -0.148. The van der Waals surface area contributed by atoms with Crippen LogP contribution in [0.3, 0.4) is 0 Å². The average molecular weight is 422 g/mol. The number of halogens is 3. The molecule has 0 atom stereocenters. The van der Waals surface area contributed by atoms with Crippen LogP contribution < -0.4 is 10.6 Å². The maximum absolute atomic E-state index is 12.9. The smallest absolute Gasteiger partial charge is 0.418 e. The van der Waals surface area contributed by atoms with Crippen molar-refractivity contribution >= 4 is 29.2 Å². The van der Waals surface area contributed by atoms with E-state index in [-0.39, 0.29) is 12.8 Å². The normalized spacial score (nSPS) is 11.0. The standard InChI is InChI=1S/C21H21F3N2O4/c1-13-6-5-7-14(2)20(13)26-17(27)10-11-19(29)30-12-18(28)25-16-9-4-3-8-15(16)21(22,23)24/h3-9H,10-12H2,1-2H3,(H,25,28)(H,26,27). The highest BCUT2D eigenvalue weighted by atomic mass is 19.4. The van der Waals surface area contributed by atoms with E-state index in [1.165, 1.54) is 12.1 Å². The Bertz CT molecular complexity index is 922. The molecule has 2 rings (SSSR count). The Labute approximate surface area is 171 Å². The van der Waals surface area contributed by atoms with Gasteiger partial charge in [0.15, 0.2) is 6.61 Å². The van der Waals surface area contributed by atoms with E-state index < -0.39 is 41.8 Å². The third-order valence-corrected chi connectivity index (χ3v) is 4.17. The third-order valence-electron chi connectivity index (χ3n) is 4.17. The molecule has 0 saturated heterocycles. The molecule has 0 aliphatic rings. The number of ether oxygens (including phenoxy) is 1. The highest BCUT2D eigenvalue weighted by Gasteiger charge is 2.33. The highest BCUT2D eigenvalue weighted by molar-refractivity contribution is 5.95. The number of carbonyl (C=O) groups excluding carboxylic acids is 3. The van der Waals surface area contributed by atoms with Gasteiger partial charge in [-0.05, 0) is 37.1 Å². The summed E-state index contributed by atoms with van der Waals surface area (Å²) in [4.78, 5) is 35.6. The van der Waals surface area contributed by atoms with Crippen molar-refractivity contribution in [1.29, 1.82) is 0 Å². The molecule has 6 nitrogen and oxygen atoms in total. The molecule has 2 amide bonds. The summed E-state index contributed by atoms with van der Waals surface area (Å²) in [6.07, 6.45) is -5.07. The summed E-state index contributed by atoms with van der Waals surface area (Å²) in [5, 5.41) is 4.79. The van der Waals surface area contributed by atoms with Crippen LogP contribution in [-0.2, 0) is 25.3 Å². The molecule has 0 fully saturated rings. The van der Waals surface area contributed by atoms with Gasteiger partial charge in [-0.2, -0.15) is 13.2 Å². The molecule has 0 aliphatic heterocycles. The first-order chi connectivity index (χ1) is 14.1. The SMILES string of the molecule is Cc1cccc(C)c1NC(=O)CCC(=O)OCC(=O)Nc1ccccc1C(F)(F)F. The fourth-order valence-electron chi connectivity index (χ4n) is 2.67. The molecule has 0 heterocycles. The molecule has 0 bridgehead atoms. The van der Waals surface area contributed by atoms with Crippen molar-refractivity contribution < 1.29 is 32.3 Å². The molecule has 9 heteroatoms. The summed E-state index contributed by atoms with van der Waals surface area (Å²) in [7, 11) is 0. The summed E-state index contributed by atoms with van der Waals surface area (Å²) in [5.41, 5.74) is 0.980. The zero-order valence-corrected chi connectivity index (χ0v) is 16.4. The van der Waals surface area contributed by atoms with Crippen LogP contribution >= 0.6 is 0 Å². The molecule has 0 spiro atoms. The van der Waals surface area contributed by atoms with Crippen LogP contribution in [0, 0.1) is 13.8 Å². The first-order valence-corrected chi connectivity index (χ1v) is 9.05. The molecule has 0 saturated carbocycles. The molecule has 0 unspecified atom stereocenters. The lowest BCUT2D eigenvalue weighted by atomic mass is 10.1. The van der Waals surface area contributed by atoms with Crippen molar-refractivity contribution in [1.82, 2.24) is 0 Å². The van der Waals surface area contributed by atoms with Crippen LogP contribution in [0.2, 0.25) is 0 Å². The molecule has 0 radical (unpaired) electrons. The number of nitrogens with one attached hydrogen (secondary N) is 2. The van der Waals surface area contributed by atoms with Crippen LogP contribution in [-0.4, -0.2) is 24.4 Å². The van der Waals surface area contributed by atoms with Crippen molar-refractivity contribution in [3.63, 3.8) is 0 Å². The Morgan fingerprint density at radius 3 is 2.13 bits per heavy atom. The quantitative estimate of drug-likeness (QED) is 0.655. The second kappa shape index (κ2) is 9.91. The van der Waals surface area contributed by atoms with Crippen LogP contribution in [0.4, 0.5) is 24.5 Å². The van der Waals surface area contributed by atoms with Gasteiger partial charge < -0.3 is 15.4 Å². The Morgan fingerprint density at radius 1 is 0.867 bits per heavy atom. The zero-order chi connectivity index (χ0) is 22.3. The van der Waals surface area contributed by atoms with Crippen LogP contribution in [0.15, 0.2) is 42.5 Å². The van der Waals surface area contributed by atoms with Crippen molar-refractivity contribution in [3.8, 4) is 0 Å². The minimum Gasteiger partial charge on any atom is -0.456 e. The summed E-state index contributed by atoms with van der Waals surface area (Å²) in [6, 6.07) is 10.00. The molecular weight excluding hydrogens is 401 g/mol. The number of alkyl halides is 3. The monoisotopic (exact) mass is 422 g/mol. The van der Waals surface area contributed by atoms with Gasteiger partial charge in [0.05, 0.1) is 17.7 Å². The molecule has 2 aromatic carbocycles. The van der Waals surface area contributed by atoms with Gasteiger partial charge in [0, 0.05) is 12.1 Å². The Hall–Kier alpha value is -3.36. The predicted molar refractivity (Wildman–Crippen MR) is 105 cm³/mol. The van der Waals surface area contributed by atoms with Gasteiger partial charge in [-0.1, -0.05) is 30.3 Å². The molecule has 0 aromatic heterocycles. The van der Waals surface area contributed by atoms with E-state index in [2.05, 4.69) is 10.6 Å². The van der Waals surface area contributed by atoms with Gasteiger partial charge >= 0.3 is 12.1 Å². The molecule has 160 valence electrons. The number of hydrogen-bond acceptors (Lipinski definition) is 4. The second-order valence-corrected chi connectivity index (χ2v) is 6.57. The fraction of sp³-hybridized carbons (Fsp3) is 0.286. The summed E-state index contributed by atoms with van der Waals surface area (Å²) in [6.45, 7) is 2.92. The molecule has 30 heavy (non-hydrogen) atoms. The third kappa shape index (κ3) is 6.61. The Balaban J connectivity index is 1.80. The lowest BCUT2D eigenvalue weighted by Gasteiger charge is -2.13. The summed E-state index contributed by atoms with van der Waals surface area (Å²) < 4.78 is 43.5. The summed E-state index contributed by atoms with van der Waals surface area (Å²) >= 11 is 0. The Morgan fingerprint density at radius 2 is 1.50 bits per heavy atom. The van der Waals surface area contributed by atoms with E-state index in [0.29, 0.717) is 5.69 Å². The average Bonchev–Trinajstić information content (AvgIpc) is 2.67. The minimum atomic E-state index is -4.64. The number of aryl methyl sites for hydroxylation is 2. The van der Waals surface area contributed by atoms with Crippen LogP contribution in [0.1, 0.15) is 29.5 Å². The maximum Gasteiger partial charge on any atom is 0.418 e. The number of anilines is 2. The number of esters is 1. The largest absolute Gasteiger partial charge is 0.456 e. The fourth-order valence-corrected chi connectivity index (χ4v) is 2.67. The second-order valence-electron chi connectivity index (χ2n) is 6.57. The van der Waals surface area contributed by atoms with E-state index in [9.17, 15) is 27.6 Å². The number of para-hydroxylation sites is 2. The van der Waals surface area contributed by atoms with Crippen LogP contribution in [0.5, 0.6) is 0 Å². The number of benzene rings is 2. The van der Waals surface area contributed by atoms with Crippen molar-refractivity contribution in [2.45, 2.75) is 32.9 Å². The van der Waals surface area contributed by atoms with Gasteiger partial charge in [0.1, 0.15) is 0 Å². The van der Waals surface area contributed by atoms with E-state index in [1.807, 2.05) is 32.0 Å². The number of amides is 2. The van der Waals surface area contributed by atoms with Crippen molar-refractivity contribution in [3.05, 3.63) is 59.2 Å². The predicted octanol–water partition coefficient (Wildman–Crippen LogP) is 4.22. The van der Waals surface area contributed by atoms with E-state index >= 15 is 0 Å². The number of rotatable bonds is 7. The minimum absolute atomic E-state index is 0.162. The highest BCUT2D eigenvalue weighted by Crippen LogP contribution is 2.34. The van der Waals surface area contributed by atoms with Gasteiger partial charge in [-0.15, -0.1) is 0 Å². The summed E-state index contributed by atoms with van der Waals surface area (Å²) in [5.74, 6) is -2.13. The van der Waals surface area contributed by atoms with Gasteiger partial charge in [0.2, 0.25) is 5.91 Å². The van der Waals surface area contributed by atoms with Gasteiger partial charge in [-0.3, -0.25) is 14.4 Å². The first-order valence-electron chi connectivity index (χ1n) is 9.05. The molecule has 0 aliphatic carbocycles. The van der Waals surface area contributed by atoms with E-state index in [4.69, 9.17) is 4.74 Å². The van der Waals surface area contributed by atoms with Crippen molar-refractivity contribution in [2.75, 3.05) is 17.2 Å². The first kappa shape index (κ1) is 22.9. The lowest BCUT2D eigenvalue weighted by Crippen LogP contribution is -2.23. The van der Waals surface area contributed by atoms with Crippen molar-refractivity contribution in [2.24, 2.45) is 0 Å². The van der Waals surface area contributed by atoms with Gasteiger partial charge in [0.25, 0.3) is 5.91 Å². The molecular formula is C21H21F3N2O4. The zero-order valence-electron chi connectivity index (χ0n) is 16.4. The Kier molecular flexibility index (Phi) is 7.57. The van der Waals surface area contributed by atoms with Gasteiger partial charge in [-0.25, -0.2) is 0 Å². The van der Waals surface area contributed by atoms with Crippen LogP contribution in [0.25, 0.3) is 0 Å². The molecule has 2 aromatic rings. The number of carbonyl (C=O) groups is 3. The van der Waals surface area contributed by atoms with E-state index in [1.54, 1.807) is 0 Å². The molecule has 2 N–H and O–H groups in total.